The van der Waals surface area contributed by atoms with Gasteiger partial charge in [-0.05, 0) is 12.8 Å². The molecular weight excluding hydrogens is 192 g/mol. The predicted octanol–water partition coefficient (Wildman–Crippen LogP) is 1.90. The maximum atomic E-state index is 11.8. The van der Waals surface area contributed by atoms with Crippen LogP contribution in [0.25, 0.3) is 0 Å². The van der Waals surface area contributed by atoms with E-state index < -0.39 is 0 Å². The number of aryl methyl sites for hydroxylation is 1. The minimum absolute atomic E-state index is 0.0161. The Morgan fingerprint density at radius 3 is 2.87 bits per heavy atom. The number of carbonyl (C=O) groups excluding carboxylic acids is 1. The highest BCUT2D eigenvalue weighted by molar-refractivity contribution is 5.99. The quantitative estimate of drug-likeness (QED) is 0.673. The lowest BCUT2D eigenvalue weighted by Crippen LogP contribution is -2.21. The second kappa shape index (κ2) is 5.66. The van der Waals surface area contributed by atoms with E-state index in [1.165, 1.54) is 0 Å². The van der Waals surface area contributed by atoms with Crippen molar-refractivity contribution in [2.75, 3.05) is 7.11 Å². The lowest BCUT2D eigenvalue weighted by molar-refractivity contribution is 0.0595. The summed E-state index contributed by atoms with van der Waals surface area (Å²) in [6.45, 7) is 4.85. The monoisotopic (exact) mass is 210 g/mol. The maximum absolute atomic E-state index is 11.8. The van der Waals surface area contributed by atoms with E-state index in [4.69, 9.17) is 4.74 Å². The van der Waals surface area contributed by atoms with Gasteiger partial charge in [0.15, 0.2) is 5.78 Å². The Hall–Kier alpha value is -1.16. The van der Waals surface area contributed by atoms with Gasteiger partial charge in [-0.15, -0.1) is 0 Å². The van der Waals surface area contributed by atoms with E-state index in [0.717, 1.165) is 13.0 Å². The van der Waals surface area contributed by atoms with Gasteiger partial charge < -0.3 is 4.74 Å². The molecule has 0 aliphatic rings. The zero-order chi connectivity index (χ0) is 11.3. The van der Waals surface area contributed by atoms with E-state index >= 15 is 0 Å². The molecule has 0 saturated heterocycles. The first-order valence-electron chi connectivity index (χ1n) is 5.32. The van der Waals surface area contributed by atoms with Crippen LogP contribution in [-0.2, 0) is 11.3 Å². The van der Waals surface area contributed by atoms with Crippen molar-refractivity contribution < 1.29 is 9.53 Å². The molecule has 1 rings (SSSR count). The normalized spacial score (nSPS) is 12.7. The number of ether oxygens (including phenoxy) is 1. The Bertz CT molecular complexity index is 316. The molecule has 0 amide bonds. The number of ketones is 1. The number of nitrogens with zero attached hydrogens (tertiary/aromatic N) is 2. The average molecular weight is 210 g/mol. The van der Waals surface area contributed by atoms with Crippen LogP contribution >= 0.6 is 0 Å². The summed E-state index contributed by atoms with van der Waals surface area (Å²) in [5.74, 6) is 0.0161. The Labute approximate surface area is 90.2 Å². The van der Waals surface area contributed by atoms with Crippen LogP contribution in [0.3, 0.4) is 0 Å². The highest BCUT2D eigenvalue weighted by Crippen LogP contribution is 2.08. The molecule has 0 spiro atoms. The van der Waals surface area contributed by atoms with E-state index in [-0.39, 0.29) is 11.9 Å². The molecule has 1 aromatic heterocycles. The third-order valence-electron chi connectivity index (χ3n) is 2.32. The Morgan fingerprint density at radius 1 is 1.60 bits per heavy atom. The minimum atomic E-state index is -0.343. The van der Waals surface area contributed by atoms with Crippen LogP contribution in [0.4, 0.5) is 0 Å². The standard InChI is InChI=1S/C11H18N2O2/c1-4-6-13-8-9(7-12-13)11(14)10(5-2)15-3/h7-8,10H,4-6H2,1-3H3. The minimum Gasteiger partial charge on any atom is -0.373 e. The van der Waals surface area contributed by atoms with Crippen molar-refractivity contribution in [2.24, 2.45) is 0 Å². The van der Waals surface area contributed by atoms with Crippen LogP contribution in [0.2, 0.25) is 0 Å². The number of Topliss-reactive ketones (excluding diaryl/α,β-unsaturated/α-hetero) is 1. The second-order valence-corrected chi connectivity index (χ2v) is 3.49. The molecule has 1 aromatic rings. The van der Waals surface area contributed by atoms with Gasteiger partial charge in [-0.2, -0.15) is 5.10 Å². The van der Waals surface area contributed by atoms with Gasteiger partial charge in [-0.1, -0.05) is 13.8 Å². The summed E-state index contributed by atoms with van der Waals surface area (Å²) >= 11 is 0. The van der Waals surface area contributed by atoms with Gasteiger partial charge in [0.25, 0.3) is 0 Å². The van der Waals surface area contributed by atoms with Gasteiger partial charge >= 0.3 is 0 Å². The molecule has 1 unspecified atom stereocenters. The van der Waals surface area contributed by atoms with Crippen molar-refractivity contribution in [2.45, 2.75) is 39.3 Å². The van der Waals surface area contributed by atoms with Crippen LogP contribution in [0, 0.1) is 0 Å². The largest absolute Gasteiger partial charge is 0.373 e. The van der Waals surface area contributed by atoms with Gasteiger partial charge in [-0.25, -0.2) is 0 Å². The zero-order valence-electron chi connectivity index (χ0n) is 9.56. The highest BCUT2D eigenvalue weighted by Gasteiger charge is 2.18. The molecule has 0 radical (unpaired) electrons. The third kappa shape index (κ3) is 2.89. The molecule has 0 aliphatic carbocycles. The first-order chi connectivity index (χ1) is 7.22. The van der Waals surface area contributed by atoms with Crippen molar-refractivity contribution in [3.8, 4) is 0 Å². The fourth-order valence-corrected chi connectivity index (χ4v) is 1.49. The number of rotatable bonds is 6. The number of aromatic nitrogens is 2. The summed E-state index contributed by atoms with van der Waals surface area (Å²) in [7, 11) is 1.56. The lowest BCUT2D eigenvalue weighted by Gasteiger charge is -2.09. The van der Waals surface area contributed by atoms with E-state index in [0.29, 0.717) is 12.0 Å². The molecule has 0 N–H and O–H groups in total. The van der Waals surface area contributed by atoms with Crippen molar-refractivity contribution in [3.63, 3.8) is 0 Å². The highest BCUT2D eigenvalue weighted by atomic mass is 16.5. The van der Waals surface area contributed by atoms with Gasteiger partial charge in [0.2, 0.25) is 0 Å². The zero-order valence-corrected chi connectivity index (χ0v) is 9.56. The summed E-state index contributed by atoms with van der Waals surface area (Å²) in [6, 6.07) is 0. The smallest absolute Gasteiger partial charge is 0.194 e. The molecular formula is C11H18N2O2. The first-order valence-corrected chi connectivity index (χ1v) is 5.32. The molecule has 0 saturated carbocycles. The summed E-state index contributed by atoms with van der Waals surface area (Å²) in [4.78, 5) is 11.8. The molecule has 0 aliphatic heterocycles. The number of hydrogen-bond acceptors (Lipinski definition) is 3. The number of hydrogen-bond donors (Lipinski definition) is 0. The molecule has 0 bridgehead atoms. The van der Waals surface area contributed by atoms with Gasteiger partial charge in [0.1, 0.15) is 6.10 Å². The van der Waals surface area contributed by atoms with E-state index in [9.17, 15) is 4.79 Å². The molecule has 0 aromatic carbocycles. The molecule has 1 heterocycles. The predicted molar refractivity (Wildman–Crippen MR) is 57.9 cm³/mol. The van der Waals surface area contributed by atoms with Crippen molar-refractivity contribution in [3.05, 3.63) is 18.0 Å². The van der Waals surface area contributed by atoms with E-state index in [1.54, 1.807) is 24.2 Å². The van der Waals surface area contributed by atoms with E-state index in [2.05, 4.69) is 12.0 Å². The van der Waals surface area contributed by atoms with Crippen LogP contribution in [0.15, 0.2) is 12.4 Å². The molecule has 1 atom stereocenters. The lowest BCUT2D eigenvalue weighted by atomic mass is 10.1. The van der Waals surface area contributed by atoms with Gasteiger partial charge in [-0.3, -0.25) is 9.48 Å². The Kier molecular flexibility index (Phi) is 4.49. The summed E-state index contributed by atoms with van der Waals surface area (Å²) in [5, 5.41) is 4.12. The summed E-state index contributed by atoms with van der Waals surface area (Å²) in [6.07, 6.45) is 4.75. The van der Waals surface area contributed by atoms with Crippen LogP contribution in [0.1, 0.15) is 37.0 Å². The van der Waals surface area contributed by atoms with Crippen LogP contribution in [0.5, 0.6) is 0 Å². The average Bonchev–Trinajstić information content (AvgIpc) is 2.68. The molecule has 84 valence electrons. The van der Waals surface area contributed by atoms with Crippen molar-refractivity contribution in [1.82, 2.24) is 9.78 Å². The Morgan fingerprint density at radius 2 is 2.33 bits per heavy atom. The SMILES string of the molecule is CCCn1cc(C(=O)C(CC)OC)cn1. The molecule has 0 fully saturated rings. The fourth-order valence-electron chi connectivity index (χ4n) is 1.49. The second-order valence-electron chi connectivity index (χ2n) is 3.49. The molecule has 4 heteroatoms. The third-order valence-corrected chi connectivity index (χ3v) is 2.32. The van der Waals surface area contributed by atoms with Crippen molar-refractivity contribution in [1.29, 1.82) is 0 Å². The first kappa shape index (κ1) is 11.9. The maximum Gasteiger partial charge on any atom is 0.194 e. The van der Waals surface area contributed by atoms with Gasteiger partial charge in [0, 0.05) is 19.9 Å². The topological polar surface area (TPSA) is 44.1 Å². The van der Waals surface area contributed by atoms with Gasteiger partial charge in [0.05, 0.1) is 11.8 Å². The van der Waals surface area contributed by atoms with Crippen molar-refractivity contribution >= 4 is 5.78 Å². The van der Waals surface area contributed by atoms with E-state index in [1.807, 2.05) is 6.92 Å². The van der Waals surface area contributed by atoms with Crippen LogP contribution < -0.4 is 0 Å². The van der Waals surface area contributed by atoms with Crippen LogP contribution in [-0.4, -0.2) is 28.8 Å². The molecule has 15 heavy (non-hydrogen) atoms. The summed E-state index contributed by atoms with van der Waals surface area (Å²) < 4.78 is 6.89. The fraction of sp³-hybridized carbons (Fsp3) is 0.636. The summed E-state index contributed by atoms with van der Waals surface area (Å²) in [5.41, 5.74) is 0.636. The Balaban J connectivity index is 2.73. The number of carbonyl (C=O) groups is 1. The number of methoxy groups -OCH3 is 1. The molecule has 4 nitrogen and oxygen atoms in total.